The van der Waals surface area contributed by atoms with Crippen molar-refractivity contribution >= 4 is 30.1 Å². The third-order valence-electron chi connectivity index (χ3n) is 6.08. The first-order valence-electron chi connectivity index (χ1n) is 11.7. The highest BCUT2D eigenvalue weighted by Crippen LogP contribution is 2.57. The number of methoxy groups -OCH3 is 2. The number of nitrogens with one attached hydrogen (secondary N) is 1. The third kappa shape index (κ3) is 5.87. The van der Waals surface area contributed by atoms with E-state index in [0.717, 1.165) is 0 Å². The van der Waals surface area contributed by atoms with E-state index in [-0.39, 0.29) is 27.6 Å². The summed E-state index contributed by atoms with van der Waals surface area (Å²) >= 11 is 11.1. The summed E-state index contributed by atoms with van der Waals surface area (Å²) in [6, 6.07) is 11.9. The number of nitrogens with zero attached hydrogens (tertiary/aromatic N) is 1. The van der Waals surface area contributed by atoms with Crippen LogP contribution in [0.4, 0.5) is 17.6 Å². The lowest BCUT2D eigenvalue weighted by atomic mass is 9.95. The standard InChI is InChI=1S/C24H22ClF4N2O9PS/c1-35-14-7-3-5-9-16(14)39-41(42,40-17-10-6-4-8-15(17)36-2)37-12-23(21(26)27)24(28,29)18(32)20(38-23)31-11-13(25)19(33)30-22(31)34/h3-11,18,20-21,32H,12H2,1-2H3,(H,30,33,34)/t18-,20+,23-/m0/s1. The monoisotopic (exact) mass is 656 g/mol. The van der Waals surface area contributed by atoms with Gasteiger partial charge < -0.3 is 28.4 Å². The molecule has 1 saturated heterocycles. The number of rotatable bonds is 11. The molecule has 2 aromatic carbocycles. The number of ether oxygens (including phenoxy) is 3. The van der Waals surface area contributed by atoms with E-state index < -0.39 is 59.9 Å². The van der Waals surface area contributed by atoms with E-state index in [1.165, 1.54) is 50.6 Å². The number of hydrogen-bond donors (Lipinski definition) is 2. The summed E-state index contributed by atoms with van der Waals surface area (Å²) < 4.78 is 92.7. The number of aromatic amines is 1. The highest BCUT2D eigenvalue weighted by atomic mass is 35.5. The highest BCUT2D eigenvalue weighted by Gasteiger charge is 2.74. The molecule has 0 amide bonds. The summed E-state index contributed by atoms with van der Waals surface area (Å²) in [4.78, 5) is 25.6. The molecule has 228 valence electrons. The minimum absolute atomic E-state index is 0.0734. The molecule has 0 spiro atoms. The molecule has 1 aliphatic heterocycles. The summed E-state index contributed by atoms with van der Waals surface area (Å²) in [5.41, 5.74) is -6.33. The van der Waals surface area contributed by atoms with Crippen LogP contribution in [0, 0.1) is 0 Å². The van der Waals surface area contributed by atoms with Gasteiger partial charge in [0.2, 0.25) is 5.60 Å². The topological polar surface area (TPSA) is 130 Å². The van der Waals surface area contributed by atoms with E-state index in [1.54, 1.807) is 17.1 Å². The Morgan fingerprint density at radius 3 is 2.02 bits per heavy atom. The zero-order valence-corrected chi connectivity index (χ0v) is 24.0. The Bertz CT molecular complexity index is 1560. The van der Waals surface area contributed by atoms with Gasteiger partial charge >= 0.3 is 18.3 Å². The first-order valence-corrected chi connectivity index (χ1v) is 14.6. The van der Waals surface area contributed by atoms with Gasteiger partial charge in [0, 0.05) is 18.0 Å². The number of halogens is 5. The van der Waals surface area contributed by atoms with Crippen molar-refractivity contribution in [1.82, 2.24) is 9.55 Å². The Labute approximate surface area is 244 Å². The Balaban J connectivity index is 1.75. The van der Waals surface area contributed by atoms with Gasteiger partial charge in [-0.2, -0.15) is 8.78 Å². The molecule has 1 aromatic heterocycles. The van der Waals surface area contributed by atoms with E-state index >= 15 is 8.78 Å². The molecule has 1 aliphatic rings. The molecule has 3 aromatic rings. The second kappa shape index (κ2) is 12.2. The van der Waals surface area contributed by atoms with Crippen LogP contribution in [0.25, 0.3) is 0 Å². The van der Waals surface area contributed by atoms with Crippen LogP contribution in [-0.2, 0) is 21.1 Å². The van der Waals surface area contributed by atoms with Gasteiger partial charge in [0.1, 0.15) is 5.02 Å². The summed E-state index contributed by atoms with van der Waals surface area (Å²) in [6.45, 7) is -6.06. The molecule has 0 unspecified atom stereocenters. The summed E-state index contributed by atoms with van der Waals surface area (Å²) in [7, 11) is 2.61. The molecule has 0 bridgehead atoms. The maximum absolute atomic E-state index is 15.5. The summed E-state index contributed by atoms with van der Waals surface area (Å²) in [5.74, 6) is -4.67. The molecule has 2 N–H and O–H groups in total. The summed E-state index contributed by atoms with van der Waals surface area (Å²) in [5, 5.41) is 9.74. The number of benzene rings is 2. The zero-order chi connectivity index (χ0) is 30.9. The number of aliphatic hydroxyl groups excluding tert-OH is 1. The predicted octanol–water partition coefficient (Wildman–Crippen LogP) is 4.14. The van der Waals surface area contributed by atoms with Crippen molar-refractivity contribution in [3.05, 3.63) is 80.6 Å². The summed E-state index contributed by atoms with van der Waals surface area (Å²) in [6.07, 6.45) is -8.92. The van der Waals surface area contributed by atoms with Crippen molar-refractivity contribution in [3.8, 4) is 23.0 Å². The first kappa shape index (κ1) is 31.8. The van der Waals surface area contributed by atoms with E-state index in [1.807, 2.05) is 0 Å². The van der Waals surface area contributed by atoms with Crippen molar-refractivity contribution in [2.45, 2.75) is 30.3 Å². The lowest BCUT2D eigenvalue weighted by molar-refractivity contribution is -0.242. The molecule has 0 radical (unpaired) electrons. The maximum Gasteiger partial charge on any atom is 0.435 e. The Morgan fingerprint density at radius 2 is 1.55 bits per heavy atom. The van der Waals surface area contributed by atoms with Gasteiger partial charge in [0.05, 0.1) is 20.8 Å². The number of para-hydroxylation sites is 4. The van der Waals surface area contributed by atoms with Crippen molar-refractivity contribution < 1.29 is 50.5 Å². The molecule has 18 heteroatoms. The largest absolute Gasteiger partial charge is 0.493 e. The first-order chi connectivity index (χ1) is 19.8. The number of aromatic nitrogens is 2. The lowest BCUT2D eigenvalue weighted by Gasteiger charge is -2.34. The molecule has 11 nitrogen and oxygen atoms in total. The van der Waals surface area contributed by atoms with Crippen LogP contribution in [0.5, 0.6) is 23.0 Å². The molecule has 4 rings (SSSR count). The fraction of sp³-hybridized carbons (Fsp3) is 0.333. The van der Waals surface area contributed by atoms with Gasteiger partial charge in [-0.1, -0.05) is 35.9 Å². The number of H-pyrrole nitrogens is 1. The fourth-order valence-electron chi connectivity index (χ4n) is 3.91. The fourth-order valence-corrected chi connectivity index (χ4v) is 5.98. The van der Waals surface area contributed by atoms with Crippen LogP contribution in [0.3, 0.4) is 0 Å². The van der Waals surface area contributed by atoms with Crippen molar-refractivity contribution in [2.24, 2.45) is 0 Å². The minimum atomic E-state index is -4.76. The van der Waals surface area contributed by atoms with Crippen LogP contribution in [0.1, 0.15) is 6.23 Å². The van der Waals surface area contributed by atoms with E-state index in [0.29, 0.717) is 6.20 Å². The van der Waals surface area contributed by atoms with Gasteiger partial charge in [-0.15, -0.1) is 0 Å². The van der Waals surface area contributed by atoms with Crippen molar-refractivity contribution in [3.63, 3.8) is 0 Å². The van der Waals surface area contributed by atoms with Crippen LogP contribution in [-0.4, -0.2) is 59.5 Å². The molecule has 3 atom stereocenters. The Hall–Kier alpha value is -3.14. The molecule has 2 heterocycles. The molecule has 0 saturated carbocycles. The van der Waals surface area contributed by atoms with Gasteiger partial charge in [0.15, 0.2) is 35.3 Å². The van der Waals surface area contributed by atoms with Gasteiger partial charge in [-0.3, -0.25) is 18.9 Å². The van der Waals surface area contributed by atoms with Gasteiger partial charge in [-0.05, 0) is 24.3 Å². The Morgan fingerprint density at radius 1 is 1.05 bits per heavy atom. The number of hydrogen-bond acceptors (Lipinski definition) is 10. The highest BCUT2D eigenvalue weighted by molar-refractivity contribution is 8.07. The molecule has 1 fully saturated rings. The molecular weight excluding hydrogens is 635 g/mol. The number of aliphatic hydroxyl groups is 1. The van der Waals surface area contributed by atoms with E-state index in [4.69, 9.17) is 51.2 Å². The lowest BCUT2D eigenvalue weighted by Crippen LogP contribution is -2.57. The molecular formula is C24H22ClF4N2O9PS. The quantitative estimate of drug-likeness (QED) is 0.230. The van der Waals surface area contributed by atoms with Crippen LogP contribution in [0.15, 0.2) is 64.3 Å². The van der Waals surface area contributed by atoms with Gasteiger partial charge in [0.25, 0.3) is 12.0 Å². The average Bonchev–Trinajstić information content (AvgIpc) is 3.15. The normalized spacial score (nSPS) is 21.7. The minimum Gasteiger partial charge on any atom is -0.493 e. The van der Waals surface area contributed by atoms with Crippen molar-refractivity contribution in [1.29, 1.82) is 0 Å². The smallest absolute Gasteiger partial charge is 0.435 e. The molecule has 42 heavy (non-hydrogen) atoms. The van der Waals surface area contributed by atoms with Crippen LogP contribution < -0.4 is 29.8 Å². The second-order valence-corrected chi connectivity index (χ2v) is 11.9. The van der Waals surface area contributed by atoms with Crippen LogP contribution in [0.2, 0.25) is 5.02 Å². The molecule has 0 aliphatic carbocycles. The Kier molecular flexibility index (Phi) is 9.25. The SMILES string of the molecule is COc1ccccc1OP(=S)(OC[C@@]1(C(F)F)O[C@@H](n2cc(Cl)c(=O)[nH]c2=O)[C@H](O)C1(F)F)Oc1ccccc1OC. The van der Waals surface area contributed by atoms with Gasteiger partial charge in [-0.25, -0.2) is 13.6 Å². The van der Waals surface area contributed by atoms with E-state index in [9.17, 15) is 23.5 Å². The van der Waals surface area contributed by atoms with Crippen molar-refractivity contribution in [2.75, 3.05) is 20.8 Å². The number of alkyl halides is 4. The maximum atomic E-state index is 15.5. The zero-order valence-electron chi connectivity index (χ0n) is 21.5. The second-order valence-electron chi connectivity index (χ2n) is 8.61. The van der Waals surface area contributed by atoms with Crippen LogP contribution >= 0.6 is 18.3 Å². The average molecular weight is 657 g/mol. The van der Waals surface area contributed by atoms with E-state index in [2.05, 4.69) is 0 Å². The predicted molar refractivity (Wildman–Crippen MR) is 144 cm³/mol. The third-order valence-corrected chi connectivity index (χ3v) is 8.40.